The van der Waals surface area contributed by atoms with E-state index < -0.39 is 0 Å². The van der Waals surface area contributed by atoms with E-state index in [1.54, 1.807) is 11.3 Å². The molecule has 1 aromatic heterocycles. The van der Waals surface area contributed by atoms with Gasteiger partial charge in [-0.25, -0.2) is 4.98 Å². The second kappa shape index (κ2) is 9.54. The third-order valence-electron chi connectivity index (χ3n) is 5.33. The van der Waals surface area contributed by atoms with Crippen LogP contribution in [0.15, 0.2) is 46.0 Å². The molecule has 0 radical (unpaired) electrons. The molecular weight excluding hydrogens is 498 g/mol. The highest BCUT2D eigenvalue weighted by atomic mass is 79.9. The minimum absolute atomic E-state index is 0.0423. The van der Waals surface area contributed by atoms with Crippen molar-refractivity contribution in [2.45, 2.75) is 20.3 Å². The van der Waals surface area contributed by atoms with Gasteiger partial charge in [0.25, 0.3) is 5.91 Å². The summed E-state index contributed by atoms with van der Waals surface area (Å²) in [6, 6.07) is 11.4. The molecule has 1 fully saturated rings. The molecule has 0 bridgehead atoms. The lowest BCUT2D eigenvalue weighted by Gasteiger charge is -2.36. The topological polar surface area (TPSA) is 60.8 Å². The lowest BCUT2D eigenvalue weighted by atomic mass is 10.1. The van der Waals surface area contributed by atoms with E-state index in [1.807, 2.05) is 48.2 Å². The van der Waals surface area contributed by atoms with Crippen molar-refractivity contribution in [3.05, 3.63) is 51.5 Å². The maximum absolute atomic E-state index is 12.9. The number of anilines is 2. The van der Waals surface area contributed by atoms with Crippen molar-refractivity contribution in [1.29, 1.82) is 0 Å². The van der Waals surface area contributed by atoms with Crippen LogP contribution >= 0.6 is 38.9 Å². The molecule has 6 nitrogen and oxygen atoms in total. The smallest absolute Gasteiger partial charge is 0.255 e. The summed E-state index contributed by atoms with van der Waals surface area (Å²) in [7, 11) is 0. The number of hydrazone groups is 1. The molecule has 9 heteroatoms. The van der Waals surface area contributed by atoms with Crippen LogP contribution in [0, 0.1) is 0 Å². The number of halogens is 2. The molecule has 0 saturated carbocycles. The molecule has 2 heterocycles. The first-order chi connectivity index (χ1) is 15.0. The van der Waals surface area contributed by atoms with Crippen LogP contribution in [0.5, 0.6) is 0 Å². The minimum Gasteiger partial charge on any atom is -0.365 e. The van der Waals surface area contributed by atoms with E-state index in [0.29, 0.717) is 36.8 Å². The number of piperazine rings is 1. The van der Waals surface area contributed by atoms with Crippen LogP contribution in [-0.2, 0) is 0 Å². The van der Waals surface area contributed by atoms with Crippen molar-refractivity contribution in [2.24, 2.45) is 5.10 Å². The molecule has 2 aromatic carbocycles. The van der Waals surface area contributed by atoms with Gasteiger partial charge in [-0.15, -0.1) is 0 Å². The predicted molar refractivity (Wildman–Crippen MR) is 134 cm³/mol. The number of carbonyl (C=O) groups is 1. The molecule has 1 saturated heterocycles. The van der Waals surface area contributed by atoms with Gasteiger partial charge in [0.15, 0.2) is 0 Å². The third kappa shape index (κ3) is 4.71. The van der Waals surface area contributed by atoms with Gasteiger partial charge in [-0.2, -0.15) is 5.10 Å². The van der Waals surface area contributed by atoms with Gasteiger partial charge in [-0.1, -0.05) is 42.0 Å². The van der Waals surface area contributed by atoms with Crippen molar-refractivity contribution < 1.29 is 4.79 Å². The SMILES string of the molecule is CC/C(C)=N\Nc1nc2c(N3CCN(C(=O)c4ccccc4Br)CC3)c(Cl)ccc2s1. The molecule has 31 heavy (non-hydrogen) atoms. The van der Waals surface area contributed by atoms with Crippen LogP contribution in [-0.4, -0.2) is 47.7 Å². The van der Waals surface area contributed by atoms with Gasteiger partial charge in [0.05, 0.1) is 21.0 Å². The van der Waals surface area contributed by atoms with E-state index in [9.17, 15) is 4.79 Å². The highest BCUT2D eigenvalue weighted by molar-refractivity contribution is 9.10. The number of carbonyl (C=O) groups excluding carboxylic acids is 1. The van der Waals surface area contributed by atoms with E-state index in [0.717, 1.165) is 37.6 Å². The second-order valence-electron chi connectivity index (χ2n) is 7.33. The molecule has 1 N–H and O–H groups in total. The van der Waals surface area contributed by atoms with Crippen molar-refractivity contribution in [1.82, 2.24) is 9.88 Å². The summed E-state index contributed by atoms with van der Waals surface area (Å²) in [5.74, 6) is 0.0423. The van der Waals surface area contributed by atoms with Crippen LogP contribution in [0.1, 0.15) is 30.6 Å². The number of benzene rings is 2. The largest absolute Gasteiger partial charge is 0.365 e. The van der Waals surface area contributed by atoms with E-state index in [-0.39, 0.29) is 5.91 Å². The molecule has 1 amide bonds. The first kappa shape index (κ1) is 22.0. The number of hydrogen-bond donors (Lipinski definition) is 1. The summed E-state index contributed by atoms with van der Waals surface area (Å²) in [5.41, 5.74) is 6.56. The molecule has 0 spiro atoms. The van der Waals surface area contributed by atoms with Gasteiger partial charge < -0.3 is 9.80 Å². The lowest BCUT2D eigenvalue weighted by Crippen LogP contribution is -2.49. The Morgan fingerprint density at radius 2 is 1.97 bits per heavy atom. The van der Waals surface area contributed by atoms with Gasteiger partial charge in [0, 0.05) is 36.4 Å². The third-order valence-corrected chi connectivity index (χ3v) is 7.25. The number of nitrogens with zero attached hydrogens (tertiary/aromatic N) is 4. The van der Waals surface area contributed by atoms with Gasteiger partial charge >= 0.3 is 0 Å². The average Bonchev–Trinajstić information content (AvgIpc) is 3.20. The van der Waals surface area contributed by atoms with Crippen molar-refractivity contribution >= 4 is 71.5 Å². The summed E-state index contributed by atoms with van der Waals surface area (Å²) in [6.45, 7) is 6.70. The Kier molecular flexibility index (Phi) is 6.79. The summed E-state index contributed by atoms with van der Waals surface area (Å²) >= 11 is 11.6. The molecule has 0 aliphatic carbocycles. The van der Waals surface area contributed by atoms with Crippen LogP contribution in [0.25, 0.3) is 10.2 Å². The maximum atomic E-state index is 12.9. The highest BCUT2D eigenvalue weighted by Gasteiger charge is 2.26. The normalized spacial score (nSPS) is 14.9. The van der Waals surface area contributed by atoms with Crippen LogP contribution < -0.4 is 10.3 Å². The fraction of sp³-hybridized carbons (Fsp3) is 0.318. The van der Waals surface area contributed by atoms with Crippen LogP contribution in [0.3, 0.4) is 0 Å². The second-order valence-corrected chi connectivity index (χ2v) is 9.63. The zero-order valence-electron chi connectivity index (χ0n) is 17.4. The molecule has 4 rings (SSSR count). The molecule has 1 aliphatic rings. The summed E-state index contributed by atoms with van der Waals surface area (Å²) < 4.78 is 1.87. The monoisotopic (exact) mass is 519 g/mol. The van der Waals surface area contributed by atoms with E-state index in [1.165, 1.54) is 0 Å². The summed E-state index contributed by atoms with van der Waals surface area (Å²) in [4.78, 5) is 21.8. The van der Waals surface area contributed by atoms with Crippen molar-refractivity contribution in [2.75, 3.05) is 36.5 Å². The van der Waals surface area contributed by atoms with E-state index >= 15 is 0 Å². The molecule has 162 valence electrons. The van der Waals surface area contributed by atoms with E-state index in [4.69, 9.17) is 16.6 Å². The summed E-state index contributed by atoms with van der Waals surface area (Å²) in [6.07, 6.45) is 0.886. The van der Waals surface area contributed by atoms with Crippen LogP contribution in [0.2, 0.25) is 5.02 Å². The fourth-order valence-electron chi connectivity index (χ4n) is 3.46. The number of rotatable bonds is 5. The first-order valence-electron chi connectivity index (χ1n) is 10.1. The molecular formula is C22H23BrClN5OS. The number of aromatic nitrogens is 1. The Labute approximate surface area is 199 Å². The molecule has 0 atom stereocenters. The van der Waals surface area contributed by atoms with Gasteiger partial charge in [0.1, 0.15) is 5.52 Å². The predicted octanol–water partition coefficient (Wildman–Crippen LogP) is 5.87. The number of amides is 1. The minimum atomic E-state index is 0.0423. The molecule has 0 unspecified atom stereocenters. The van der Waals surface area contributed by atoms with Crippen molar-refractivity contribution in [3.63, 3.8) is 0 Å². The average molecular weight is 521 g/mol. The van der Waals surface area contributed by atoms with Crippen LogP contribution in [0.4, 0.5) is 10.8 Å². The van der Waals surface area contributed by atoms with Gasteiger partial charge in [-0.05, 0) is 53.5 Å². The summed E-state index contributed by atoms with van der Waals surface area (Å²) in [5, 5.41) is 5.77. The number of thiazole rings is 1. The van der Waals surface area contributed by atoms with Gasteiger partial charge in [-0.3, -0.25) is 10.2 Å². The Balaban J connectivity index is 1.53. The Bertz CT molecular complexity index is 1140. The fourth-order valence-corrected chi connectivity index (χ4v) is 5.00. The first-order valence-corrected chi connectivity index (χ1v) is 12.1. The maximum Gasteiger partial charge on any atom is 0.255 e. The zero-order valence-corrected chi connectivity index (χ0v) is 20.5. The Hall–Kier alpha value is -2.16. The highest BCUT2D eigenvalue weighted by Crippen LogP contribution is 2.38. The number of fused-ring (bicyclic) bond motifs is 1. The molecule has 3 aromatic rings. The molecule has 1 aliphatic heterocycles. The van der Waals surface area contributed by atoms with Gasteiger partial charge in [0.2, 0.25) is 5.13 Å². The number of nitrogens with one attached hydrogen (secondary N) is 1. The lowest BCUT2D eigenvalue weighted by molar-refractivity contribution is 0.0746. The Morgan fingerprint density at radius 3 is 2.68 bits per heavy atom. The number of hydrogen-bond acceptors (Lipinski definition) is 6. The van der Waals surface area contributed by atoms with E-state index in [2.05, 4.69) is 38.3 Å². The Morgan fingerprint density at radius 1 is 1.23 bits per heavy atom. The van der Waals surface area contributed by atoms with Crippen molar-refractivity contribution in [3.8, 4) is 0 Å². The standard InChI is InChI=1S/C22H23BrClN5OS/c1-3-14(2)26-27-22-25-19-18(31-22)9-8-17(24)20(19)28-10-12-29(13-11-28)21(30)15-6-4-5-7-16(15)23/h4-9H,3,10-13H2,1-2H3,(H,25,27)/b26-14-. The zero-order chi connectivity index (χ0) is 22.0. The quantitative estimate of drug-likeness (QED) is 0.337.